The van der Waals surface area contributed by atoms with Crippen molar-refractivity contribution in [3.63, 3.8) is 0 Å². The SMILES string of the molecule is C[C@@H]1CCC[C@H](C)N1/N=C\c1cc(Cl)c2c(c1)OCO2. The van der Waals surface area contributed by atoms with E-state index < -0.39 is 0 Å². The first-order valence-corrected chi connectivity index (χ1v) is 7.44. The molecule has 1 aromatic carbocycles. The van der Waals surface area contributed by atoms with Crippen LogP contribution in [0.4, 0.5) is 0 Å². The van der Waals surface area contributed by atoms with Crippen LogP contribution in [0.5, 0.6) is 11.5 Å². The molecule has 2 atom stereocenters. The van der Waals surface area contributed by atoms with Crippen LogP contribution in [0.3, 0.4) is 0 Å². The second kappa shape index (κ2) is 5.52. The van der Waals surface area contributed by atoms with Gasteiger partial charge < -0.3 is 9.47 Å². The van der Waals surface area contributed by atoms with Gasteiger partial charge in [-0.25, -0.2) is 0 Å². The summed E-state index contributed by atoms with van der Waals surface area (Å²) in [5, 5.41) is 7.39. The molecule has 0 aromatic heterocycles. The standard InChI is InChI=1S/C15H19ClN2O2/c1-10-4-3-5-11(2)18(10)17-8-12-6-13(16)15-14(7-12)19-9-20-15/h6-8,10-11H,3-5,9H2,1-2H3/b17-8-/t10-,11+. The van der Waals surface area contributed by atoms with Crippen LogP contribution in [0, 0.1) is 0 Å². The van der Waals surface area contributed by atoms with E-state index in [1.165, 1.54) is 19.3 Å². The van der Waals surface area contributed by atoms with Crippen LogP contribution in [0.1, 0.15) is 38.7 Å². The lowest BCUT2D eigenvalue weighted by atomic mass is 10.00. The number of rotatable bonds is 2. The van der Waals surface area contributed by atoms with Gasteiger partial charge in [0.15, 0.2) is 11.5 Å². The van der Waals surface area contributed by atoms with Crippen LogP contribution in [0.2, 0.25) is 5.02 Å². The van der Waals surface area contributed by atoms with E-state index in [-0.39, 0.29) is 6.79 Å². The molecule has 0 aliphatic carbocycles. The lowest BCUT2D eigenvalue weighted by Gasteiger charge is -2.36. The Labute approximate surface area is 124 Å². The van der Waals surface area contributed by atoms with Crippen LogP contribution < -0.4 is 9.47 Å². The van der Waals surface area contributed by atoms with Crippen LogP contribution in [-0.2, 0) is 0 Å². The summed E-state index contributed by atoms with van der Waals surface area (Å²) >= 11 is 6.17. The highest BCUT2D eigenvalue weighted by molar-refractivity contribution is 6.32. The minimum absolute atomic E-state index is 0.232. The average molecular weight is 295 g/mol. The van der Waals surface area contributed by atoms with Gasteiger partial charge in [-0.1, -0.05) is 11.6 Å². The number of hydrogen-bond acceptors (Lipinski definition) is 4. The Bertz CT molecular complexity index is 523. The van der Waals surface area contributed by atoms with Crippen LogP contribution in [0.25, 0.3) is 0 Å². The van der Waals surface area contributed by atoms with Gasteiger partial charge in [-0.05, 0) is 50.8 Å². The molecule has 1 saturated heterocycles. The maximum absolute atomic E-state index is 6.17. The second-order valence-electron chi connectivity index (χ2n) is 5.49. The molecule has 108 valence electrons. The van der Waals surface area contributed by atoms with Crippen molar-refractivity contribution in [3.8, 4) is 11.5 Å². The zero-order valence-corrected chi connectivity index (χ0v) is 12.6. The summed E-state index contributed by atoms with van der Waals surface area (Å²) in [6.07, 6.45) is 5.53. The van der Waals surface area contributed by atoms with Crippen molar-refractivity contribution in [1.29, 1.82) is 0 Å². The average Bonchev–Trinajstić information content (AvgIpc) is 2.87. The summed E-state index contributed by atoms with van der Waals surface area (Å²) < 4.78 is 10.7. The van der Waals surface area contributed by atoms with E-state index in [2.05, 4.69) is 24.0 Å². The Morgan fingerprint density at radius 3 is 2.75 bits per heavy atom. The van der Waals surface area contributed by atoms with E-state index in [0.717, 1.165) is 5.56 Å². The number of halogens is 1. The van der Waals surface area contributed by atoms with E-state index in [9.17, 15) is 0 Å². The second-order valence-corrected chi connectivity index (χ2v) is 5.90. The van der Waals surface area contributed by atoms with E-state index in [1.54, 1.807) is 0 Å². The van der Waals surface area contributed by atoms with Crippen molar-refractivity contribution in [1.82, 2.24) is 5.01 Å². The minimum Gasteiger partial charge on any atom is -0.454 e. The lowest BCUT2D eigenvalue weighted by Crippen LogP contribution is -2.39. The van der Waals surface area contributed by atoms with Gasteiger partial charge >= 0.3 is 0 Å². The molecule has 2 aliphatic heterocycles. The number of hydrazone groups is 1. The number of ether oxygens (including phenoxy) is 2. The predicted molar refractivity (Wildman–Crippen MR) is 79.8 cm³/mol. The summed E-state index contributed by atoms with van der Waals surface area (Å²) in [4.78, 5) is 0. The van der Waals surface area contributed by atoms with Gasteiger partial charge in [0.2, 0.25) is 6.79 Å². The van der Waals surface area contributed by atoms with Gasteiger partial charge in [0.05, 0.1) is 11.2 Å². The van der Waals surface area contributed by atoms with E-state index in [0.29, 0.717) is 28.6 Å². The first-order chi connectivity index (χ1) is 9.65. The molecule has 0 saturated carbocycles. The van der Waals surface area contributed by atoms with Crippen LogP contribution in [-0.4, -0.2) is 30.1 Å². The molecule has 0 unspecified atom stereocenters. The van der Waals surface area contributed by atoms with Crippen molar-refractivity contribution in [2.45, 2.75) is 45.2 Å². The topological polar surface area (TPSA) is 34.1 Å². The van der Waals surface area contributed by atoms with Gasteiger partial charge in [-0.15, -0.1) is 0 Å². The van der Waals surface area contributed by atoms with E-state index in [4.69, 9.17) is 21.1 Å². The monoisotopic (exact) mass is 294 g/mol. The molecule has 4 nitrogen and oxygen atoms in total. The summed E-state index contributed by atoms with van der Waals surface area (Å²) in [5.41, 5.74) is 0.934. The van der Waals surface area contributed by atoms with Gasteiger partial charge in [0.25, 0.3) is 0 Å². The number of benzene rings is 1. The predicted octanol–water partition coefficient (Wildman–Crippen LogP) is 3.67. The largest absolute Gasteiger partial charge is 0.454 e. The fourth-order valence-electron chi connectivity index (χ4n) is 2.83. The molecule has 5 heteroatoms. The molecule has 1 aromatic rings. The third-order valence-corrected chi connectivity index (χ3v) is 4.22. The Hall–Kier alpha value is -1.42. The molecule has 0 N–H and O–H groups in total. The highest BCUT2D eigenvalue weighted by atomic mass is 35.5. The number of fused-ring (bicyclic) bond motifs is 1. The Kier molecular flexibility index (Phi) is 3.74. The summed E-state index contributed by atoms with van der Waals surface area (Å²) in [5.74, 6) is 1.32. The number of nitrogens with zero attached hydrogens (tertiary/aromatic N) is 2. The van der Waals surface area contributed by atoms with Gasteiger partial charge in [-0.3, -0.25) is 5.01 Å². The summed E-state index contributed by atoms with van der Waals surface area (Å²) in [7, 11) is 0. The van der Waals surface area contributed by atoms with E-state index >= 15 is 0 Å². The minimum atomic E-state index is 0.232. The Balaban J connectivity index is 1.80. The molecule has 0 spiro atoms. The van der Waals surface area contributed by atoms with Crippen LogP contribution >= 0.6 is 11.6 Å². The molecular weight excluding hydrogens is 276 g/mol. The van der Waals surface area contributed by atoms with Crippen molar-refractivity contribution in [3.05, 3.63) is 22.7 Å². The van der Waals surface area contributed by atoms with Crippen molar-refractivity contribution in [2.75, 3.05) is 6.79 Å². The highest BCUT2D eigenvalue weighted by Crippen LogP contribution is 2.39. The molecule has 0 bridgehead atoms. The van der Waals surface area contributed by atoms with Crippen LogP contribution in [0.15, 0.2) is 17.2 Å². The summed E-state index contributed by atoms with van der Waals surface area (Å²) in [6.45, 7) is 4.68. The molecule has 2 heterocycles. The molecule has 0 amide bonds. The van der Waals surface area contributed by atoms with Crippen molar-refractivity contribution in [2.24, 2.45) is 5.10 Å². The molecule has 20 heavy (non-hydrogen) atoms. The molecule has 2 aliphatic rings. The normalized spacial score (nSPS) is 25.4. The first kappa shape index (κ1) is 13.6. The van der Waals surface area contributed by atoms with Gasteiger partial charge in [0, 0.05) is 12.1 Å². The van der Waals surface area contributed by atoms with Crippen molar-refractivity contribution >= 4 is 17.8 Å². The number of hydrogen-bond donors (Lipinski definition) is 0. The van der Waals surface area contributed by atoms with Gasteiger partial charge in [0.1, 0.15) is 0 Å². The maximum atomic E-state index is 6.17. The first-order valence-electron chi connectivity index (χ1n) is 7.06. The number of piperidine rings is 1. The maximum Gasteiger partial charge on any atom is 0.231 e. The summed E-state index contributed by atoms with van der Waals surface area (Å²) in [6, 6.07) is 4.74. The zero-order valence-electron chi connectivity index (χ0n) is 11.8. The Morgan fingerprint density at radius 1 is 1.25 bits per heavy atom. The third kappa shape index (κ3) is 2.57. The molecule has 3 rings (SSSR count). The quantitative estimate of drug-likeness (QED) is 0.781. The third-order valence-electron chi connectivity index (χ3n) is 3.94. The molecule has 1 fully saturated rings. The lowest BCUT2D eigenvalue weighted by molar-refractivity contribution is 0.109. The smallest absolute Gasteiger partial charge is 0.231 e. The molecular formula is C15H19ClN2O2. The Morgan fingerprint density at radius 2 is 2.00 bits per heavy atom. The highest BCUT2D eigenvalue weighted by Gasteiger charge is 2.23. The zero-order chi connectivity index (χ0) is 14.1. The molecule has 0 radical (unpaired) electrons. The van der Waals surface area contributed by atoms with Gasteiger partial charge in [-0.2, -0.15) is 5.10 Å². The van der Waals surface area contributed by atoms with E-state index in [1.807, 2.05) is 18.3 Å². The fourth-order valence-corrected chi connectivity index (χ4v) is 3.10. The fraction of sp³-hybridized carbons (Fsp3) is 0.533. The van der Waals surface area contributed by atoms with Crippen molar-refractivity contribution < 1.29 is 9.47 Å².